The second-order valence-corrected chi connectivity index (χ2v) is 14.9. The molecular formula is C37H42F7N3O7S. The summed E-state index contributed by atoms with van der Waals surface area (Å²) in [5.74, 6) is -9.68. The molecule has 55 heavy (non-hydrogen) atoms. The Kier molecular flexibility index (Phi) is 15.4. The highest BCUT2D eigenvalue weighted by atomic mass is 32.2. The number of aliphatic imine (C=N–C) groups is 1. The van der Waals surface area contributed by atoms with Gasteiger partial charge in [0.05, 0.1) is 18.6 Å². The van der Waals surface area contributed by atoms with Crippen molar-refractivity contribution >= 4 is 47.0 Å². The lowest BCUT2D eigenvalue weighted by Gasteiger charge is -2.28. The molecule has 0 fully saturated rings. The van der Waals surface area contributed by atoms with Crippen LogP contribution in [0.3, 0.4) is 0 Å². The number of fused-ring (bicyclic) bond motifs is 1. The van der Waals surface area contributed by atoms with Gasteiger partial charge in [0.2, 0.25) is 5.91 Å². The monoisotopic (exact) mass is 805 g/mol. The quantitative estimate of drug-likeness (QED) is 0.148. The summed E-state index contributed by atoms with van der Waals surface area (Å²) in [6.07, 6.45) is -18.3. The molecule has 2 aromatic rings. The third-order valence-corrected chi connectivity index (χ3v) is 9.43. The van der Waals surface area contributed by atoms with E-state index < -0.39 is 109 Å². The second-order valence-electron chi connectivity index (χ2n) is 13.9. The van der Waals surface area contributed by atoms with Crippen LogP contribution in [0.25, 0.3) is 0 Å². The molecule has 2 N–H and O–H groups in total. The van der Waals surface area contributed by atoms with Crippen molar-refractivity contribution in [2.24, 2.45) is 16.8 Å². The van der Waals surface area contributed by atoms with E-state index in [0.29, 0.717) is 28.5 Å². The van der Waals surface area contributed by atoms with Gasteiger partial charge in [-0.2, -0.15) is 38.1 Å². The van der Waals surface area contributed by atoms with E-state index in [1.165, 1.54) is 12.1 Å². The first-order chi connectivity index (χ1) is 25.5. The molecule has 0 spiro atoms. The summed E-state index contributed by atoms with van der Waals surface area (Å²) in [4.78, 5) is 70.1. The topological polar surface area (TPSA) is 140 Å². The van der Waals surface area contributed by atoms with Crippen LogP contribution in [-0.2, 0) is 35.1 Å². The molecule has 0 saturated heterocycles. The summed E-state index contributed by atoms with van der Waals surface area (Å²) >= 11 is 0.657. The van der Waals surface area contributed by atoms with E-state index in [1.807, 2.05) is 0 Å². The average Bonchev–Trinajstić information content (AvgIpc) is 3.20. The number of benzene rings is 2. The number of halogens is 7. The van der Waals surface area contributed by atoms with Crippen molar-refractivity contribution in [1.82, 2.24) is 10.6 Å². The number of carbonyl (C=O) groups excluding carboxylic acids is 5. The minimum atomic E-state index is -4.88. The lowest BCUT2D eigenvalue weighted by molar-refractivity contribution is -0.152. The van der Waals surface area contributed by atoms with Crippen molar-refractivity contribution in [3.63, 3.8) is 0 Å². The van der Waals surface area contributed by atoms with Gasteiger partial charge < -0.3 is 20.1 Å². The van der Waals surface area contributed by atoms with E-state index in [2.05, 4.69) is 20.4 Å². The first-order valence-electron chi connectivity index (χ1n) is 17.0. The molecule has 1 heterocycles. The van der Waals surface area contributed by atoms with Gasteiger partial charge in [0.25, 0.3) is 0 Å². The number of amides is 2. The number of hydrogen-bond acceptors (Lipinski definition) is 9. The highest BCUT2D eigenvalue weighted by molar-refractivity contribution is 8.00. The summed E-state index contributed by atoms with van der Waals surface area (Å²) in [7, 11) is 1.02. The van der Waals surface area contributed by atoms with Crippen molar-refractivity contribution in [2.75, 3.05) is 18.6 Å². The van der Waals surface area contributed by atoms with Crippen LogP contribution in [0, 0.1) is 24.6 Å². The van der Waals surface area contributed by atoms with Crippen molar-refractivity contribution < 1.29 is 64.2 Å². The van der Waals surface area contributed by atoms with Crippen LogP contribution >= 0.6 is 11.8 Å². The van der Waals surface area contributed by atoms with E-state index in [9.17, 15) is 54.7 Å². The number of rotatable bonds is 15. The number of esters is 1. The maximum absolute atomic E-state index is 14.3. The summed E-state index contributed by atoms with van der Waals surface area (Å²) in [6.45, 7) is 6.37. The van der Waals surface area contributed by atoms with Crippen LogP contribution in [0.5, 0.6) is 0 Å². The smallest absolute Gasteiger partial charge is 0.408 e. The summed E-state index contributed by atoms with van der Waals surface area (Å²) in [5, 5.41) is 4.55. The Bertz CT molecular complexity index is 1760. The highest BCUT2D eigenvalue weighted by Crippen LogP contribution is 2.34. The number of ketones is 2. The molecule has 0 aromatic heterocycles. The molecule has 3 rings (SSSR count). The molecule has 0 bridgehead atoms. The van der Waals surface area contributed by atoms with Crippen molar-refractivity contribution in [3.05, 3.63) is 70.5 Å². The Morgan fingerprint density at radius 1 is 0.945 bits per heavy atom. The normalized spacial score (nSPS) is 16.5. The number of hydrogen-bond donors (Lipinski definition) is 2. The molecule has 1 aliphatic rings. The fourth-order valence-corrected chi connectivity index (χ4v) is 6.79. The number of aryl methyl sites for hydroxylation is 1. The average molecular weight is 806 g/mol. The predicted molar refractivity (Wildman–Crippen MR) is 189 cm³/mol. The Morgan fingerprint density at radius 3 is 2.15 bits per heavy atom. The van der Waals surface area contributed by atoms with Crippen LogP contribution in [0.4, 0.5) is 35.5 Å². The number of thioether (sulfide) groups is 1. The van der Waals surface area contributed by atoms with Crippen molar-refractivity contribution in [3.8, 4) is 0 Å². The van der Waals surface area contributed by atoms with Crippen molar-refractivity contribution in [2.45, 2.75) is 90.0 Å². The van der Waals surface area contributed by atoms with Crippen LogP contribution < -0.4 is 10.6 Å². The van der Waals surface area contributed by atoms with Gasteiger partial charge in [0.15, 0.2) is 11.9 Å². The molecule has 10 nitrogen and oxygen atoms in total. The van der Waals surface area contributed by atoms with Gasteiger partial charge in [0.1, 0.15) is 23.2 Å². The van der Waals surface area contributed by atoms with Gasteiger partial charge in [-0.1, -0.05) is 30.3 Å². The fraction of sp³-hybridized carbons (Fsp3) is 0.514. The van der Waals surface area contributed by atoms with Crippen LogP contribution in [0.1, 0.15) is 68.7 Å². The Hall–Kier alpha value is -4.48. The standard InChI is InChI=1S/C37H42F7N3O7S/c1-20-8-6-11-24-26(20)17-28(48)31(46-30(24)21-9-7-10-22(38)16-21)47-32(50)25(13-15-37(42,43)44)23(12-14-36(39,40)41)29(49)19-55-18-27(33(51)53-5)45-34(52)54-35(2,3)4/h6-11,16,23,25,27,31H,12-15,17-19H2,1-5H3,(H,45,52)(H,47,50)/t23-,25+,27-,31+/m0/s1. The molecule has 2 aromatic carbocycles. The number of methoxy groups -OCH3 is 1. The van der Waals surface area contributed by atoms with E-state index in [0.717, 1.165) is 19.2 Å². The second kappa shape index (κ2) is 18.9. The maximum atomic E-state index is 14.3. The molecule has 4 atom stereocenters. The zero-order valence-corrected chi connectivity index (χ0v) is 31.5. The number of nitrogens with zero attached hydrogens (tertiary/aromatic N) is 1. The Morgan fingerprint density at radius 2 is 1.56 bits per heavy atom. The third-order valence-electron chi connectivity index (χ3n) is 8.38. The van der Waals surface area contributed by atoms with Gasteiger partial charge in [-0.15, -0.1) is 0 Å². The molecular weight excluding hydrogens is 763 g/mol. The molecule has 0 unspecified atom stereocenters. The molecule has 18 heteroatoms. The Labute approximate surface area is 317 Å². The maximum Gasteiger partial charge on any atom is 0.408 e. The third kappa shape index (κ3) is 14.3. The lowest BCUT2D eigenvalue weighted by atomic mass is 9.81. The summed E-state index contributed by atoms with van der Waals surface area (Å²) in [5.41, 5.74) is 0.880. The minimum absolute atomic E-state index is 0.0717. The summed E-state index contributed by atoms with van der Waals surface area (Å²) in [6, 6.07) is 8.76. The van der Waals surface area contributed by atoms with Crippen molar-refractivity contribution in [1.29, 1.82) is 0 Å². The van der Waals surface area contributed by atoms with Gasteiger partial charge in [-0.3, -0.25) is 19.4 Å². The zero-order chi connectivity index (χ0) is 41.3. The van der Waals surface area contributed by atoms with E-state index in [4.69, 9.17) is 4.74 Å². The molecule has 0 saturated carbocycles. The molecule has 0 radical (unpaired) electrons. The number of alkyl carbamates (subject to hydrolysis) is 1. The van der Waals surface area contributed by atoms with E-state index in [-0.39, 0.29) is 23.4 Å². The zero-order valence-electron chi connectivity index (χ0n) is 30.7. The first-order valence-corrected chi connectivity index (χ1v) is 18.2. The minimum Gasteiger partial charge on any atom is -0.467 e. The van der Waals surface area contributed by atoms with Crippen LogP contribution in [0.2, 0.25) is 0 Å². The number of Topliss-reactive ketones (excluding diaryl/α,β-unsaturated/α-hetero) is 2. The number of carbonyl (C=O) groups is 5. The molecule has 302 valence electrons. The predicted octanol–water partition coefficient (Wildman–Crippen LogP) is 6.83. The van der Waals surface area contributed by atoms with Crippen LogP contribution in [0.15, 0.2) is 47.5 Å². The molecule has 2 amide bonds. The van der Waals surface area contributed by atoms with E-state index in [1.54, 1.807) is 45.9 Å². The molecule has 0 aliphatic carbocycles. The van der Waals surface area contributed by atoms with Gasteiger partial charge in [0, 0.05) is 48.0 Å². The first kappa shape index (κ1) is 44.9. The van der Waals surface area contributed by atoms with Crippen LogP contribution in [-0.4, -0.2) is 84.0 Å². The molecule has 1 aliphatic heterocycles. The summed E-state index contributed by atoms with van der Waals surface area (Å²) < 4.78 is 105. The largest absolute Gasteiger partial charge is 0.467 e. The lowest BCUT2D eigenvalue weighted by Crippen LogP contribution is -2.47. The van der Waals surface area contributed by atoms with Gasteiger partial charge in [-0.05, 0) is 63.8 Å². The number of alkyl halides is 6. The number of nitrogens with one attached hydrogen (secondary N) is 2. The highest BCUT2D eigenvalue weighted by Gasteiger charge is 2.41. The van der Waals surface area contributed by atoms with E-state index >= 15 is 0 Å². The number of ether oxygens (including phenoxy) is 2. The Balaban J connectivity index is 1.97. The fourth-order valence-electron chi connectivity index (χ4n) is 5.81. The van der Waals surface area contributed by atoms with Gasteiger partial charge >= 0.3 is 24.4 Å². The van der Waals surface area contributed by atoms with Gasteiger partial charge in [-0.25, -0.2) is 14.0 Å². The SMILES string of the molecule is COC(=O)[C@H](CSCC(=O)[C@@H](CCC(F)(F)F)[C@@H](CCC(F)(F)F)C(=O)N[C@H]1N=C(c2cccc(F)c2)c2cccc(C)c2CC1=O)NC(=O)OC(C)(C)C.